The number of aromatic carboxylic acids is 1. The highest BCUT2D eigenvalue weighted by Crippen LogP contribution is 2.34. The Hall–Kier alpha value is -3.21. The van der Waals surface area contributed by atoms with Crippen LogP contribution in [0.4, 0.5) is 5.95 Å². The fourth-order valence-corrected chi connectivity index (χ4v) is 4.99. The molecule has 3 aromatic rings. The summed E-state index contributed by atoms with van der Waals surface area (Å²) in [6.07, 6.45) is 4.44. The smallest absolute Gasteiger partial charge is 0.335 e. The minimum atomic E-state index is -4.17. The lowest BCUT2D eigenvalue weighted by Gasteiger charge is -2.16. The van der Waals surface area contributed by atoms with Gasteiger partial charge in [0.25, 0.3) is 10.0 Å². The number of sulfonamides is 1. The van der Waals surface area contributed by atoms with Crippen molar-refractivity contribution in [2.24, 2.45) is 11.7 Å². The summed E-state index contributed by atoms with van der Waals surface area (Å²) in [7, 11) is -4.17. The van der Waals surface area contributed by atoms with Gasteiger partial charge in [0.15, 0.2) is 0 Å². The average Bonchev–Trinajstić information content (AvgIpc) is 3.66. The van der Waals surface area contributed by atoms with E-state index in [1.165, 1.54) is 31.0 Å². The van der Waals surface area contributed by atoms with Crippen LogP contribution in [0.15, 0.2) is 53.4 Å². The molecule has 1 aromatic heterocycles. The zero-order valence-corrected chi connectivity index (χ0v) is 22.3. The first-order valence-corrected chi connectivity index (χ1v) is 13.3. The van der Waals surface area contributed by atoms with E-state index in [9.17, 15) is 18.3 Å². The van der Waals surface area contributed by atoms with E-state index in [4.69, 9.17) is 10.5 Å². The number of hydrogen-bond donors (Lipinski definition) is 3. The quantitative estimate of drug-likeness (QED) is 0.317. The topological polar surface area (TPSA) is 144 Å². The molecule has 0 saturated heterocycles. The highest BCUT2D eigenvalue weighted by molar-refractivity contribution is 7.92. The van der Waals surface area contributed by atoms with Crippen LogP contribution in [-0.2, 0) is 10.0 Å². The predicted octanol–water partition coefficient (Wildman–Crippen LogP) is 4.58. The standard InChI is InChI=1S/C26H30N4O5S.ClH/c1-16-5-3-6-17(2)24(16)22-14-23(35-15-20(27)12-11-18-9-10-18)29-26(28-22)30-36(33,34)21-8-4-7-19(13-21)25(31)32;/h3-8,13-14,18,20H,9-12,15,27H2,1-2H3,(H,31,32)(H,28,29,30);1H/t20-;/m1./s1. The van der Waals surface area contributed by atoms with Crippen LogP contribution in [0.25, 0.3) is 11.3 Å². The van der Waals surface area contributed by atoms with Gasteiger partial charge < -0.3 is 15.6 Å². The molecule has 198 valence electrons. The number of anilines is 1. The summed E-state index contributed by atoms with van der Waals surface area (Å²) in [5.74, 6) is -0.445. The van der Waals surface area contributed by atoms with Crippen molar-refractivity contribution in [3.63, 3.8) is 0 Å². The van der Waals surface area contributed by atoms with Gasteiger partial charge in [0.05, 0.1) is 16.2 Å². The number of hydrogen-bond acceptors (Lipinski definition) is 7. The van der Waals surface area contributed by atoms with Gasteiger partial charge in [-0.15, -0.1) is 12.4 Å². The van der Waals surface area contributed by atoms with Gasteiger partial charge in [-0.3, -0.25) is 0 Å². The van der Waals surface area contributed by atoms with E-state index in [-0.39, 0.29) is 47.3 Å². The van der Waals surface area contributed by atoms with Crippen LogP contribution in [0.2, 0.25) is 0 Å². The Morgan fingerprint density at radius 3 is 2.46 bits per heavy atom. The van der Waals surface area contributed by atoms with Crippen molar-refractivity contribution >= 4 is 34.3 Å². The van der Waals surface area contributed by atoms with Gasteiger partial charge in [0.1, 0.15) is 6.61 Å². The lowest BCUT2D eigenvalue weighted by atomic mass is 10.00. The van der Waals surface area contributed by atoms with E-state index in [0.29, 0.717) is 5.69 Å². The third-order valence-corrected chi connectivity index (χ3v) is 7.47. The maximum atomic E-state index is 13.0. The fraction of sp³-hybridized carbons (Fsp3) is 0.346. The van der Waals surface area contributed by atoms with E-state index in [0.717, 1.165) is 41.5 Å². The number of aromatic nitrogens is 2. The van der Waals surface area contributed by atoms with Gasteiger partial charge >= 0.3 is 5.97 Å². The second-order valence-electron chi connectivity index (χ2n) is 9.21. The normalized spacial score (nSPS) is 13.9. The highest BCUT2D eigenvalue weighted by Gasteiger charge is 2.23. The zero-order chi connectivity index (χ0) is 25.9. The summed E-state index contributed by atoms with van der Waals surface area (Å²) in [6, 6.07) is 12.4. The van der Waals surface area contributed by atoms with Crippen LogP contribution in [-0.4, -0.2) is 42.1 Å². The summed E-state index contributed by atoms with van der Waals surface area (Å²) < 4.78 is 34.3. The second kappa shape index (κ2) is 11.9. The minimum absolute atomic E-state index is 0. The molecule has 0 aliphatic heterocycles. The molecule has 9 nitrogen and oxygen atoms in total. The summed E-state index contributed by atoms with van der Waals surface area (Å²) in [5.41, 5.74) is 9.34. The zero-order valence-electron chi connectivity index (χ0n) is 20.7. The molecule has 37 heavy (non-hydrogen) atoms. The van der Waals surface area contributed by atoms with Crippen LogP contribution in [0, 0.1) is 19.8 Å². The van der Waals surface area contributed by atoms with E-state index < -0.39 is 16.0 Å². The van der Waals surface area contributed by atoms with E-state index in [2.05, 4.69) is 14.7 Å². The molecule has 1 heterocycles. The Balaban J connectivity index is 0.00000380. The molecule has 1 aliphatic rings. The molecular formula is C26H31ClN4O5S. The van der Waals surface area contributed by atoms with Gasteiger partial charge in [0, 0.05) is 17.7 Å². The Kier molecular flexibility index (Phi) is 9.12. The molecule has 0 amide bonds. The van der Waals surface area contributed by atoms with E-state index in [1.807, 2.05) is 32.0 Å². The molecule has 0 spiro atoms. The number of nitrogens with one attached hydrogen (secondary N) is 1. The van der Waals surface area contributed by atoms with Crippen LogP contribution >= 0.6 is 12.4 Å². The number of benzene rings is 2. The summed E-state index contributed by atoms with van der Waals surface area (Å²) in [4.78, 5) is 19.8. The molecule has 1 fully saturated rings. The number of aryl methyl sites for hydroxylation is 2. The van der Waals surface area contributed by atoms with Crippen molar-refractivity contribution in [1.29, 1.82) is 0 Å². The Morgan fingerprint density at radius 1 is 1.14 bits per heavy atom. The van der Waals surface area contributed by atoms with Crippen LogP contribution in [0.1, 0.15) is 47.2 Å². The lowest BCUT2D eigenvalue weighted by Crippen LogP contribution is -2.28. The number of halogens is 1. The SMILES string of the molecule is Cc1cccc(C)c1-c1cc(OC[C@H](N)CCC2CC2)nc(NS(=O)(=O)c2cccc(C(=O)O)c2)n1.Cl. The maximum absolute atomic E-state index is 13.0. The summed E-state index contributed by atoms with van der Waals surface area (Å²) in [5, 5.41) is 9.22. The van der Waals surface area contributed by atoms with Crippen molar-refractivity contribution in [1.82, 2.24) is 9.97 Å². The predicted molar refractivity (Wildman–Crippen MR) is 144 cm³/mol. The van der Waals surface area contributed by atoms with Gasteiger partial charge in [-0.25, -0.2) is 22.9 Å². The Bertz CT molecular complexity index is 1360. The molecule has 1 atom stereocenters. The van der Waals surface area contributed by atoms with Crippen molar-refractivity contribution in [3.05, 3.63) is 65.2 Å². The van der Waals surface area contributed by atoms with Crippen LogP contribution < -0.4 is 15.2 Å². The first-order valence-electron chi connectivity index (χ1n) is 11.8. The van der Waals surface area contributed by atoms with Crippen molar-refractivity contribution in [2.75, 3.05) is 11.3 Å². The monoisotopic (exact) mass is 546 g/mol. The van der Waals surface area contributed by atoms with Crippen LogP contribution in [0.3, 0.4) is 0 Å². The number of carboxylic acid groups (broad SMARTS) is 1. The van der Waals surface area contributed by atoms with Gasteiger partial charge in [-0.1, -0.05) is 37.1 Å². The third kappa shape index (κ3) is 7.41. The van der Waals surface area contributed by atoms with E-state index >= 15 is 0 Å². The number of carboxylic acids is 1. The molecule has 11 heteroatoms. The summed E-state index contributed by atoms with van der Waals surface area (Å²) >= 11 is 0. The molecular weight excluding hydrogens is 516 g/mol. The lowest BCUT2D eigenvalue weighted by molar-refractivity contribution is 0.0696. The van der Waals surface area contributed by atoms with Crippen molar-refractivity contribution in [2.45, 2.75) is 50.5 Å². The first kappa shape index (κ1) is 28.4. The van der Waals surface area contributed by atoms with Gasteiger partial charge in [0.2, 0.25) is 11.8 Å². The molecule has 2 aromatic carbocycles. The first-order chi connectivity index (χ1) is 17.1. The average molecular weight is 547 g/mol. The van der Waals surface area contributed by atoms with Crippen molar-refractivity contribution < 1.29 is 23.1 Å². The molecule has 4 N–H and O–H groups in total. The van der Waals surface area contributed by atoms with Crippen molar-refractivity contribution in [3.8, 4) is 17.1 Å². The molecule has 0 radical (unpaired) electrons. The molecule has 1 aliphatic carbocycles. The Morgan fingerprint density at radius 2 is 1.81 bits per heavy atom. The van der Waals surface area contributed by atoms with E-state index in [1.54, 1.807) is 6.07 Å². The number of nitrogens with zero attached hydrogens (tertiary/aromatic N) is 2. The molecule has 1 saturated carbocycles. The summed E-state index contributed by atoms with van der Waals surface area (Å²) in [6.45, 7) is 4.13. The number of rotatable bonds is 11. The molecule has 0 unspecified atom stereocenters. The largest absolute Gasteiger partial charge is 0.478 e. The molecule has 4 rings (SSSR count). The number of ether oxygens (including phenoxy) is 1. The maximum Gasteiger partial charge on any atom is 0.335 e. The van der Waals surface area contributed by atoms with Gasteiger partial charge in [-0.2, -0.15) is 4.98 Å². The highest BCUT2D eigenvalue weighted by atomic mass is 35.5. The third-order valence-electron chi connectivity index (χ3n) is 6.14. The minimum Gasteiger partial charge on any atom is -0.478 e. The fourth-order valence-electron chi connectivity index (χ4n) is 4.00. The number of nitrogens with two attached hydrogens (primary N) is 1. The second-order valence-corrected chi connectivity index (χ2v) is 10.9. The molecule has 0 bridgehead atoms. The Labute approximate surface area is 223 Å². The number of carbonyl (C=O) groups is 1. The van der Waals surface area contributed by atoms with Gasteiger partial charge in [-0.05, 0) is 61.9 Å². The van der Waals surface area contributed by atoms with Crippen LogP contribution in [0.5, 0.6) is 5.88 Å².